The van der Waals surface area contributed by atoms with Crippen LogP contribution in [0, 0.1) is 0 Å². The summed E-state index contributed by atoms with van der Waals surface area (Å²) >= 11 is 0. The quantitative estimate of drug-likeness (QED) is 0.443. The van der Waals surface area contributed by atoms with Gasteiger partial charge in [-0.25, -0.2) is 0 Å². The third kappa shape index (κ3) is 9.77. The van der Waals surface area contributed by atoms with Gasteiger partial charge in [-0.3, -0.25) is 0 Å². The van der Waals surface area contributed by atoms with Gasteiger partial charge in [0.1, 0.15) is 0 Å². The minimum atomic E-state index is -0.0580. The van der Waals surface area contributed by atoms with E-state index >= 15 is 0 Å². The Morgan fingerprint density at radius 2 is 1.45 bits per heavy atom. The number of ether oxygens (including phenoxy) is 1. The maximum Gasteiger partial charge on any atom is 0.0597 e. The summed E-state index contributed by atoms with van der Waals surface area (Å²) in [6.07, 6.45) is 18.1. The first-order valence-corrected chi connectivity index (χ1v) is 9.12. The molecule has 0 spiro atoms. The van der Waals surface area contributed by atoms with Crippen molar-refractivity contribution in [2.24, 2.45) is 0 Å². The molecule has 1 aliphatic rings. The molecule has 1 heterocycles. The van der Waals surface area contributed by atoms with Gasteiger partial charge in [0, 0.05) is 6.61 Å². The van der Waals surface area contributed by atoms with Crippen LogP contribution in [0.25, 0.3) is 0 Å². The van der Waals surface area contributed by atoms with E-state index < -0.39 is 0 Å². The van der Waals surface area contributed by atoms with Crippen LogP contribution < -0.4 is 0 Å². The van der Waals surface area contributed by atoms with Crippen molar-refractivity contribution in [3.63, 3.8) is 0 Å². The fraction of sp³-hybridized carbons (Fsp3) is 1.00. The van der Waals surface area contributed by atoms with Gasteiger partial charge in [0.15, 0.2) is 0 Å². The van der Waals surface area contributed by atoms with Crippen LogP contribution in [0.5, 0.6) is 0 Å². The molecule has 0 aromatic carbocycles. The molecule has 1 N–H and O–H groups in total. The standard InChI is InChI=1S/C18H36O2/c1-2-3-4-5-6-7-8-9-12-17(19)13-10-11-14-18-15-16-20-18/h17-19H,2-16H2,1H3. The summed E-state index contributed by atoms with van der Waals surface area (Å²) in [5.41, 5.74) is 0. The lowest BCUT2D eigenvalue weighted by Gasteiger charge is -2.26. The second-order valence-corrected chi connectivity index (χ2v) is 6.48. The molecule has 1 rings (SSSR count). The summed E-state index contributed by atoms with van der Waals surface area (Å²) in [6, 6.07) is 0. The molecule has 0 radical (unpaired) electrons. The first kappa shape index (κ1) is 18.0. The van der Waals surface area contributed by atoms with Gasteiger partial charge in [-0.15, -0.1) is 0 Å². The molecule has 0 aromatic rings. The van der Waals surface area contributed by atoms with Crippen molar-refractivity contribution in [3.05, 3.63) is 0 Å². The smallest absolute Gasteiger partial charge is 0.0597 e. The number of hydrogen-bond acceptors (Lipinski definition) is 2. The molecule has 0 saturated carbocycles. The summed E-state index contributed by atoms with van der Waals surface area (Å²) in [5, 5.41) is 9.93. The van der Waals surface area contributed by atoms with Gasteiger partial charge < -0.3 is 9.84 Å². The Kier molecular flexibility index (Phi) is 11.4. The van der Waals surface area contributed by atoms with Crippen molar-refractivity contribution < 1.29 is 9.84 Å². The van der Waals surface area contributed by atoms with Gasteiger partial charge in [-0.05, 0) is 25.7 Å². The van der Waals surface area contributed by atoms with E-state index in [1.807, 2.05) is 0 Å². The first-order chi connectivity index (χ1) is 9.83. The van der Waals surface area contributed by atoms with Crippen molar-refractivity contribution >= 4 is 0 Å². The normalized spacial score (nSPS) is 19.8. The van der Waals surface area contributed by atoms with E-state index in [0.29, 0.717) is 6.10 Å². The van der Waals surface area contributed by atoms with E-state index in [1.165, 1.54) is 70.6 Å². The highest BCUT2D eigenvalue weighted by Crippen LogP contribution is 2.19. The molecule has 0 amide bonds. The van der Waals surface area contributed by atoms with Crippen LogP contribution in [0.3, 0.4) is 0 Å². The minimum Gasteiger partial charge on any atom is -0.393 e. The molecule has 2 heteroatoms. The fourth-order valence-electron chi connectivity index (χ4n) is 2.92. The third-order valence-corrected chi connectivity index (χ3v) is 4.50. The molecule has 120 valence electrons. The highest BCUT2D eigenvalue weighted by Gasteiger charge is 2.17. The van der Waals surface area contributed by atoms with Crippen molar-refractivity contribution in [3.8, 4) is 0 Å². The van der Waals surface area contributed by atoms with Gasteiger partial charge in [0.2, 0.25) is 0 Å². The van der Waals surface area contributed by atoms with Crippen LogP contribution in [0.15, 0.2) is 0 Å². The predicted octanol–water partition coefficient (Wildman–Crippen LogP) is 5.23. The Hall–Kier alpha value is -0.0800. The molecule has 0 aliphatic carbocycles. The van der Waals surface area contributed by atoms with Crippen LogP contribution in [-0.4, -0.2) is 23.9 Å². The molecule has 2 nitrogen and oxygen atoms in total. The van der Waals surface area contributed by atoms with E-state index in [1.54, 1.807) is 0 Å². The zero-order valence-corrected chi connectivity index (χ0v) is 13.6. The number of hydrogen-bond donors (Lipinski definition) is 1. The second kappa shape index (κ2) is 12.6. The van der Waals surface area contributed by atoms with E-state index in [0.717, 1.165) is 25.9 Å². The van der Waals surface area contributed by atoms with E-state index in [4.69, 9.17) is 4.74 Å². The number of unbranched alkanes of at least 4 members (excludes halogenated alkanes) is 8. The highest BCUT2D eigenvalue weighted by molar-refractivity contribution is 4.66. The lowest BCUT2D eigenvalue weighted by molar-refractivity contribution is -0.0558. The molecule has 0 aromatic heterocycles. The minimum absolute atomic E-state index is 0.0580. The zero-order chi connectivity index (χ0) is 14.5. The van der Waals surface area contributed by atoms with Gasteiger partial charge in [0.05, 0.1) is 12.2 Å². The first-order valence-electron chi connectivity index (χ1n) is 9.12. The Morgan fingerprint density at radius 1 is 0.900 bits per heavy atom. The van der Waals surface area contributed by atoms with Crippen LogP contribution in [0.2, 0.25) is 0 Å². The third-order valence-electron chi connectivity index (χ3n) is 4.50. The molecular formula is C18H36O2. The summed E-state index contributed by atoms with van der Waals surface area (Å²) in [5.74, 6) is 0. The molecule has 1 aliphatic heterocycles. The lowest BCUT2D eigenvalue weighted by Crippen LogP contribution is -2.26. The van der Waals surface area contributed by atoms with Crippen molar-refractivity contribution in [2.75, 3.05) is 6.61 Å². The summed E-state index contributed by atoms with van der Waals surface area (Å²) < 4.78 is 5.40. The number of rotatable bonds is 14. The van der Waals surface area contributed by atoms with Gasteiger partial charge in [-0.2, -0.15) is 0 Å². The van der Waals surface area contributed by atoms with Crippen LogP contribution in [0.1, 0.15) is 96.8 Å². The van der Waals surface area contributed by atoms with Gasteiger partial charge in [-0.1, -0.05) is 71.1 Å². The van der Waals surface area contributed by atoms with Gasteiger partial charge in [0.25, 0.3) is 0 Å². The van der Waals surface area contributed by atoms with E-state index in [-0.39, 0.29) is 6.10 Å². The summed E-state index contributed by atoms with van der Waals surface area (Å²) in [7, 11) is 0. The molecule has 1 saturated heterocycles. The van der Waals surface area contributed by atoms with E-state index in [2.05, 4.69) is 6.92 Å². The average Bonchev–Trinajstić information content (AvgIpc) is 2.39. The topological polar surface area (TPSA) is 29.5 Å². The molecule has 2 unspecified atom stereocenters. The van der Waals surface area contributed by atoms with Crippen LogP contribution >= 0.6 is 0 Å². The molecule has 2 atom stereocenters. The lowest BCUT2D eigenvalue weighted by atomic mass is 10.0. The Labute approximate surface area is 126 Å². The van der Waals surface area contributed by atoms with Crippen LogP contribution in [0.4, 0.5) is 0 Å². The summed E-state index contributed by atoms with van der Waals surface area (Å²) in [6.45, 7) is 3.23. The highest BCUT2D eigenvalue weighted by atomic mass is 16.5. The maximum absolute atomic E-state index is 9.93. The molecule has 1 fully saturated rings. The fourth-order valence-corrected chi connectivity index (χ4v) is 2.92. The predicted molar refractivity (Wildman–Crippen MR) is 86.1 cm³/mol. The van der Waals surface area contributed by atoms with Crippen molar-refractivity contribution in [1.82, 2.24) is 0 Å². The van der Waals surface area contributed by atoms with Crippen molar-refractivity contribution in [1.29, 1.82) is 0 Å². The SMILES string of the molecule is CCCCCCCCCCC(O)CCCCC1CCO1. The Balaban J connectivity index is 1.74. The number of aliphatic hydroxyl groups is 1. The zero-order valence-electron chi connectivity index (χ0n) is 13.6. The Bertz CT molecular complexity index is 202. The molecular weight excluding hydrogens is 248 g/mol. The summed E-state index contributed by atoms with van der Waals surface area (Å²) in [4.78, 5) is 0. The van der Waals surface area contributed by atoms with E-state index in [9.17, 15) is 5.11 Å². The molecule has 20 heavy (non-hydrogen) atoms. The monoisotopic (exact) mass is 284 g/mol. The largest absolute Gasteiger partial charge is 0.393 e. The maximum atomic E-state index is 9.93. The average molecular weight is 284 g/mol. The van der Waals surface area contributed by atoms with Crippen molar-refractivity contribution in [2.45, 2.75) is 109 Å². The molecule has 0 bridgehead atoms. The van der Waals surface area contributed by atoms with Crippen LogP contribution in [-0.2, 0) is 4.74 Å². The van der Waals surface area contributed by atoms with Gasteiger partial charge >= 0.3 is 0 Å². The Morgan fingerprint density at radius 3 is 2.00 bits per heavy atom. The second-order valence-electron chi connectivity index (χ2n) is 6.48. The number of aliphatic hydroxyl groups excluding tert-OH is 1.